The molecule has 6 nitrogen and oxygen atoms in total. The van der Waals surface area contributed by atoms with Crippen LogP contribution in [0.5, 0.6) is 0 Å². The van der Waals surface area contributed by atoms with Crippen molar-refractivity contribution in [1.29, 1.82) is 0 Å². The maximum absolute atomic E-state index is 11.7. The molecule has 0 aromatic rings. The first-order chi connectivity index (χ1) is 8.91. The van der Waals surface area contributed by atoms with E-state index in [0.717, 1.165) is 25.7 Å². The third kappa shape index (κ3) is 5.16. The van der Waals surface area contributed by atoms with E-state index in [1.54, 1.807) is 0 Å². The first-order valence-corrected chi connectivity index (χ1v) is 6.92. The Morgan fingerprint density at radius 1 is 1.32 bits per heavy atom. The summed E-state index contributed by atoms with van der Waals surface area (Å²) in [5.41, 5.74) is 5.67. The maximum atomic E-state index is 11.7. The molecule has 3 atom stereocenters. The predicted molar refractivity (Wildman–Crippen MR) is 72.2 cm³/mol. The standard InChI is InChI=1S/C13H25N3O3/c1-8(2)12(14)13(19)15-7-11(18)16-9-5-3-4-6-10(9)17/h8-10,12,17H,3-7,14H2,1-2H3,(H,15,19)(H,16,18)/t9-,10-,12-/m0/s1. The molecule has 19 heavy (non-hydrogen) atoms. The average Bonchev–Trinajstić information content (AvgIpc) is 2.37. The van der Waals surface area contributed by atoms with E-state index in [9.17, 15) is 14.7 Å². The average molecular weight is 271 g/mol. The van der Waals surface area contributed by atoms with Crippen molar-refractivity contribution in [3.05, 3.63) is 0 Å². The predicted octanol–water partition coefficient (Wildman–Crippen LogP) is -0.494. The number of carbonyl (C=O) groups is 2. The van der Waals surface area contributed by atoms with Crippen molar-refractivity contribution in [3.63, 3.8) is 0 Å². The van der Waals surface area contributed by atoms with Gasteiger partial charge in [0, 0.05) is 0 Å². The SMILES string of the molecule is CC(C)[C@H](N)C(=O)NCC(=O)N[C@H]1CCCC[C@@H]1O. The van der Waals surface area contributed by atoms with Crippen LogP contribution in [-0.4, -0.2) is 41.7 Å². The fourth-order valence-electron chi connectivity index (χ4n) is 2.13. The molecular weight excluding hydrogens is 246 g/mol. The second-order valence-electron chi connectivity index (χ2n) is 5.51. The fraction of sp³-hybridized carbons (Fsp3) is 0.846. The molecule has 1 aliphatic carbocycles. The Kier molecular flexibility index (Phi) is 6.24. The van der Waals surface area contributed by atoms with Crippen LogP contribution in [0.15, 0.2) is 0 Å². The van der Waals surface area contributed by atoms with E-state index in [1.165, 1.54) is 0 Å². The molecule has 0 saturated heterocycles. The van der Waals surface area contributed by atoms with Gasteiger partial charge in [-0.15, -0.1) is 0 Å². The van der Waals surface area contributed by atoms with Gasteiger partial charge in [-0.25, -0.2) is 0 Å². The van der Waals surface area contributed by atoms with Gasteiger partial charge >= 0.3 is 0 Å². The van der Waals surface area contributed by atoms with Gasteiger partial charge in [-0.1, -0.05) is 26.7 Å². The van der Waals surface area contributed by atoms with E-state index in [0.29, 0.717) is 0 Å². The van der Waals surface area contributed by atoms with Gasteiger partial charge in [0.1, 0.15) is 0 Å². The van der Waals surface area contributed by atoms with Crippen molar-refractivity contribution in [1.82, 2.24) is 10.6 Å². The van der Waals surface area contributed by atoms with Gasteiger partial charge in [0.2, 0.25) is 11.8 Å². The van der Waals surface area contributed by atoms with Gasteiger partial charge in [-0.2, -0.15) is 0 Å². The van der Waals surface area contributed by atoms with E-state index in [2.05, 4.69) is 10.6 Å². The third-order valence-corrected chi connectivity index (χ3v) is 3.52. The van der Waals surface area contributed by atoms with Gasteiger partial charge in [-0.3, -0.25) is 9.59 Å². The monoisotopic (exact) mass is 271 g/mol. The Bertz CT molecular complexity index is 320. The summed E-state index contributed by atoms with van der Waals surface area (Å²) >= 11 is 0. The normalized spacial score (nSPS) is 24.9. The number of carbonyl (C=O) groups excluding carboxylic acids is 2. The summed E-state index contributed by atoms with van der Waals surface area (Å²) < 4.78 is 0. The quantitative estimate of drug-likeness (QED) is 0.541. The molecule has 1 aliphatic rings. The molecule has 1 saturated carbocycles. The zero-order valence-corrected chi connectivity index (χ0v) is 11.7. The molecule has 5 N–H and O–H groups in total. The lowest BCUT2D eigenvalue weighted by Gasteiger charge is -2.28. The van der Waals surface area contributed by atoms with Gasteiger partial charge < -0.3 is 21.5 Å². The summed E-state index contributed by atoms with van der Waals surface area (Å²) in [6, 6.07) is -0.801. The molecule has 2 amide bonds. The van der Waals surface area contributed by atoms with Crippen molar-refractivity contribution in [2.75, 3.05) is 6.54 Å². The van der Waals surface area contributed by atoms with Gasteiger partial charge in [-0.05, 0) is 18.8 Å². The number of aliphatic hydroxyl groups excluding tert-OH is 1. The van der Waals surface area contributed by atoms with E-state index >= 15 is 0 Å². The highest BCUT2D eigenvalue weighted by atomic mass is 16.3. The van der Waals surface area contributed by atoms with Crippen LogP contribution < -0.4 is 16.4 Å². The van der Waals surface area contributed by atoms with Crippen LogP contribution in [0.25, 0.3) is 0 Å². The van der Waals surface area contributed by atoms with Gasteiger partial charge in [0.15, 0.2) is 0 Å². The number of rotatable bonds is 5. The summed E-state index contributed by atoms with van der Waals surface area (Å²) in [5, 5.41) is 15.0. The highest BCUT2D eigenvalue weighted by Crippen LogP contribution is 2.18. The van der Waals surface area contributed by atoms with Crippen LogP contribution in [-0.2, 0) is 9.59 Å². The van der Waals surface area contributed by atoms with Crippen molar-refractivity contribution < 1.29 is 14.7 Å². The number of hydrogen-bond acceptors (Lipinski definition) is 4. The number of hydrogen-bond donors (Lipinski definition) is 4. The highest BCUT2D eigenvalue weighted by molar-refractivity contribution is 5.87. The van der Waals surface area contributed by atoms with Crippen LogP contribution >= 0.6 is 0 Å². The Morgan fingerprint density at radius 2 is 1.95 bits per heavy atom. The second kappa shape index (κ2) is 7.45. The molecule has 0 spiro atoms. The van der Waals surface area contributed by atoms with Crippen LogP contribution in [0.1, 0.15) is 39.5 Å². The molecular formula is C13H25N3O3. The molecule has 0 aromatic heterocycles. The Hall–Kier alpha value is -1.14. The molecule has 0 aliphatic heterocycles. The van der Waals surface area contributed by atoms with Crippen LogP contribution in [0.2, 0.25) is 0 Å². The Labute approximate surface area is 114 Å². The van der Waals surface area contributed by atoms with Crippen molar-refractivity contribution in [2.45, 2.75) is 57.7 Å². The number of nitrogens with two attached hydrogens (primary N) is 1. The second-order valence-corrected chi connectivity index (χ2v) is 5.51. The fourth-order valence-corrected chi connectivity index (χ4v) is 2.13. The molecule has 1 rings (SSSR count). The summed E-state index contributed by atoms with van der Waals surface area (Å²) in [6.45, 7) is 3.61. The number of aliphatic hydroxyl groups is 1. The summed E-state index contributed by atoms with van der Waals surface area (Å²) in [6.07, 6.45) is 3.02. The van der Waals surface area contributed by atoms with Gasteiger partial charge in [0.05, 0.1) is 24.7 Å². The molecule has 0 radical (unpaired) electrons. The third-order valence-electron chi connectivity index (χ3n) is 3.52. The van der Waals surface area contributed by atoms with E-state index < -0.39 is 12.1 Å². The molecule has 0 unspecified atom stereocenters. The first-order valence-electron chi connectivity index (χ1n) is 6.92. The van der Waals surface area contributed by atoms with Crippen molar-refractivity contribution in [2.24, 2.45) is 11.7 Å². The van der Waals surface area contributed by atoms with Crippen molar-refractivity contribution in [3.8, 4) is 0 Å². The smallest absolute Gasteiger partial charge is 0.239 e. The zero-order valence-electron chi connectivity index (χ0n) is 11.7. The van der Waals surface area contributed by atoms with Crippen LogP contribution in [0.3, 0.4) is 0 Å². The minimum absolute atomic E-state index is 0.0308. The number of nitrogens with one attached hydrogen (secondary N) is 2. The lowest BCUT2D eigenvalue weighted by molar-refractivity contribution is -0.128. The molecule has 6 heteroatoms. The van der Waals surface area contributed by atoms with Gasteiger partial charge in [0.25, 0.3) is 0 Å². The Morgan fingerprint density at radius 3 is 2.53 bits per heavy atom. The molecule has 0 heterocycles. The van der Waals surface area contributed by atoms with Crippen LogP contribution in [0.4, 0.5) is 0 Å². The molecule has 110 valence electrons. The molecule has 1 fully saturated rings. The first kappa shape index (κ1) is 15.9. The lowest BCUT2D eigenvalue weighted by Crippen LogP contribution is -2.51. The van der Waals surface area contributed by atoms with Crippen molar-refractivity contribution >= 4 is 11.8 Å². The summed E-state index contributed by atoms with van der Waals surface area (Å²) in [5.74, 6) is -0.576. The summed E-state index contributed by atoms with van der Waals surface area (Å²) in [7, 11) is 0. The van der Waals surface area contributed by atoms with Crippen LogP contribution in [0, 0.1) is 5.92 Å². The minimum atomic E-state index is -0.604. The van der Waals surface area contributed by atoms with E-state index in [4.69, 9.17) is 5.73 Å². The summed E-state index contributed by atoms with van der Waals surface area (Å²) in [4.78, 5) is 23.3. The topological polar surface area (TPSA) is 104 Å². The molecule has 0 bridgehead atoms. The highest BCUT2D eigenvalue weighted by Gasteiger charge is 2.24. The number of amides is 2. The Balaban J connectivity index is 2.29. The maximum Gasteiger partial charge on any atom is 0.239 e. The zero-order chi connectivity index (χ0) is 14.4. The lowest BCUT2D eigenvalue weighted by atomic mass is 9.92. The molecule has 0 aromatic carbocycles. The largest absolute Gasteiger partial charge is 0.391 e. The van der Waals surface area contributed by atoms with E-state index in [-0.39, 0.29) is 30.3 Å². The minimum Gasteiger partial charge on any atom is -0.391 e. The van der Waals surface area contributed by atoms with E-state index in [1.807, 2.05) is 13.8 Å².